The molecule has 84 valence electrons. The van der Waals surface area contributed by atoms with Gasteiger partial charge in [0.15, 0.2) is 0 Å². The quantitative estimate of drug-likeness (QED) is 0.693. The van der Waals surface area contributed by atoms with E-state index in [-0.39, 0.29) is 5.28 Å². The van der Waals surface area contributed by atoms with Crippen LogP contribution in [0.1, 0.15) is 25.7 Å². The number of halogens is 1. The van der Waals surface area contributed by atoms with Gasteiger partial charge in [-0.25, -0.2) is 9.97 Å². The summed E-state index contributed by atoms with van der Waals surface area (Å²) >= 11 is 5.61. The zero-order chi connectivity index (χ0) is 10.9. The Hall–Kier alpha value is -0.940. The molecule has 0 aliphatic rings. The van der Waals surface area contributed by atoms with Crippen molar-refractivity contribution in [2.75, 3.05) is 18.4 Å². The first-order valence-electron chi connectivity index (χ1n) is 5.11. The molecule has 1 aromatic heterocycles. The van der Waals surface area contributed by atoms with Crippen LogP contribution in [-0.2, 0) is 0 Å². The number of nitrogens with zero attached hydrogens (tertiary/aromatic N) is 3. The van der Waals surface area contributed by atoms with Crippen LogP contribution in [0.3, 0.4) is 0 Å². The van der Waals surface area contributed by atoms with Crippen molar-refractivity contribution < 1.29 is 0 Å². The summed E-state index contributed by atoms with van der Waals surface area (Å²) in [5.74, 6) is 0.536. The van der Waals surface area contributed by atoms with Gasteiger partial charge in [0.1, 0.15) is 6.33 Å². The Balaban J connectivity index is 2.10. The van der Waals surface area contributed by atoms with E-state index in [0.717, 1.165) is 25.9 Å². The molecule has 1 rings (SSSR count). The molecule has 0 bridgehead atoms. The third-order valence-electron chi connectivity index (χ3n) is 1.96. The molecular weight excluding hydrogens is 214 g/mol. The number of nitrogens with two attached hydrogens (primary N) is 1. The van der Waals surface area contributed by atoms with Gasteiger partial charge in [0.2, 0.25) is 11.2 Å². The SMILES string of the molecule is NCCCCCCNc1ncnc(Cl)n1. The van der Waals surface area contributed by atoms with E-state index in [4.69, 9.17) is 17.3 Å². The average molecular weight is 230 g/mol. The standard InChI is InChI=1S/C9H16ClN5/c10-8-13-7-14-9(15-8)12-6-4-2-1-3-5-11/h7H,1-6,11H2,(H,12,13,14,15). The van der Waals surface area contributed by atoms with Crippen molar-refractivity contribution in [3.63, 3.8) is 0 Å². The highest BCUT2D eigenvalue weighted by Crippen LogP contribution is 2.03. The van der Waals surface area contributed by atoms with Crippen LogP contribution < -0.4 is 11.1 Å². The van der Waals surface area contributed by atoms with Gasteiger partial charge in [0.25, 0.3) is 0 Å². The van der Waals surface area contributed by atoms with Gasteiger partial charge in [0.05, 0.1) is 0 Å². The second kappa shape index (κ2) is 7.36. The Morgan fingerprint density at radius 3 is 2.73 bits per heavy atom. The number of unbranched alkanes of at least 4 members (excludes halogenated alkanes) is 3. The second-order valence-electron chi connectivity index (χ2n) is 3.21. The first kappa shape index (κ1) is 12.1. The summed E-state index contributed by atoms with van der Waals surface area (Å²) in [7, 11) is 0. The van der Waals surface area contributed by atoms with Crippen LogP contribution in [0.4, 0.5) is 5.95 Å². The minimum absolute atomic E-state index is 0.218. The number of hydrogen-bond acceptors (Lipinski definition) is 5. The number of hydrogen-bond donors (Lipinski definition) is 2. The van der Waals surface area contributed by atoms with Gasteiger partial charge < -0.3 is 11.1 Å². The molecule has 1 aromatic rings. The molecule has 5 nitrogen and oxygen atoms in total. The summed E-state index contributed by atoms with van der Waals surface area (Å²) in [4.78, 5) is 11.6. The molecule has 1 heterocycles. The highest BCUT2D eigenvalue weighted by molar-refractivity contribution is 6.28. The number of rotatable bonds is 7. The molecule has 0 saturated carbocycles. The van der Waals surface area contributed by atoms with Crippen LogP contribution in [-0.4, -0.2) is 28.0 Å². The van der Waals surface area contributed by atoms with Crippen molar-refractivity contribution in [3.05, 3.63) is 11.6 Å². The van der Waals surface area contributed by atoms with Gasteiger partial charge in [-0.1, -0.05) is 12.8 Å². The predicted molar refractivity (Wildman–Crippen MR) is 60.8 cm³/mol. The van der Waals surface area contributed by atoms with Gasteiger partial charge in [-0.05, 0) is 31.0 Å². The molecule has 0 atom stereocenters. The minimum Gasteiger partial charge on any atom is -0.354 e. The highest BCUT2D eigenvalue weighted by atomic mass is 35.5. The van der Waals surface area contributed by atoms with E-state index in [1.165, 1.54) is 19.2 Å². The molecule has 0 amide bonds. The average Bonchev–Trinajstić information content (AvgIpc) is 2.23. The van der Waals surface area contributed by atoms with Gasteiger partial charge >= 0.3 is 0 Å². The summed E-state index contributed by atoms with van der Waals surface area (Å²) < 4.78 is 0. The molecule has 0 unspecified atom stereocenters. The third-order valence-corrected chi connectivity index (χ3v) is 2.14. The maximum absolute atomic E-state index is 5.61. The lowest BCUT2D eigenvalue weighted by molar-refractivity contribution is 0.660. The molecule has 0 radical (unpaired) electrons. The summed E-state index contributed by atoms with van der Waals surface area (Å²) in [6.45, 7) is 1.63. The molecule has 0 spiro atoms. The third kappa shape index (κ3) is 5.49. The summed E-state index contributed by atoms with van der Waals surface area (Å²) in [5.41, 5.74) is 5.39. The van der Waals surface area contributed by atoms with Gasteiger partial charge in [-0.3, -0.25) is 0 Å². The van der Waals surface area contributed by atoms with Crippen LogP contribution >= 0.6 is 11.6 Å². The number of aromatic nitrogens is 3. The minimum atomic E-state index is 0.218. The van der Waals surface area contributed by atoms with E-state index in [0.29, 0.717) is 5.95 Å². The molecule has 0 saturated heterocycles. The van der Waals surface area contributed by atoms with Crippen molar-refractivity contribution in [3.8, 4) is 0 Å². The van der Waals surface area contributed by atoms with E-state index in [1.807, 2.05) is 0 Å². The molecule has 0 aliphatic carbocycles. The first-order valence-corrected chi connectivity index (χ1v) is 5.49. The predicted octanol–water partition coefficient (Wildman–Crippen LogP) is 1.46. The van der Waals surface area contributed by atoms with E-state index in [2.05, 4.69) is 20.3 Å². The van der Waals surface area contributed by atoms with Crippen molar-refractivity contribution in [1.82, 2.24) is 15.0 Å². The fourth-order valence-electron chi connectivity index (χ4n) is 1.18. The van der Waals surface area contributed by atoms with E-state index in [1.54, 1.807) is 0 Å². The largest absolute Gasteiger partial charge is 0.354 e. The van der Waals surface area contributed by atoms with Crippen LogP contribution in [0.25, 0.3) is 0 Å². The number of nitrogens with one attached hydrogen (secondary N) is 1. The van der Waals surface area contributed by atoms with Gasteiger partial charge in [-0.2, -0.15) is 4.98 Å². The molecule has 3 N–H and O–H groups in total. The van der Waals surface area contributed by atoms with E-state index < -0.39 is 0 Å². The Labute approximate surface area is 94.5 Å². The number of anilines is 1. The second-order valence-corrected chi connectivity index (χ2v) is 3.55. The lowest BCUT2D eigenvalue weighted by Crippen LogP contribution is -2.06. The molecule has 6 heteroatoms. The maximum Gasteiger partial charge on any atom is 0.227 e. The van der Waals surface area contributed by atoms with Crippen LogP contribution in [0.5, 0.6) is 0 Å². The summed E-state index contributed by atoms with van der Waals surface area (Å²) in [6.07, 6.45) is 5.92. The van der Waals surface area contributed by atoms with Crippen LogP contribution in [0.2, 0.25) is 5.28 Å². The smallest absolute Gasteiger partial charge is 0.227 e. The summed E-state index contributed by atoms with van der Waals surface area (Å²) in [5, 5.41) is 3.30. The van der Waals surface area contributed by atoms with Crippen molar-refractivity contribution in [2.45, 2.75) is 25.7 Å². The fraction of sp³-hybridized carbons (Fsp3) is 0.667. The normalized spacial score (nSPS) is 10.3. The van der Waals surface area contributed by atoms with Crippen LogP contribution in [0.15, 0.2) is 6.33 Å². The molecule has 0 fully saturated rings. The Morgan fingerprint density at radius 2 is 2.00 bits per heavy atom. The van der Waals surface area contributed by atoms with Gasteiger partial charge in [0, 0.05) is 6.54 Å². The van der Waals surface area contributed by atoms with Crippen molar-refractivity contribution in [1.29, 1.82) is 0 Å². The van der Waals surface area contributed by atoms with Crippen molar-refractivity contribution in [2.24, 2.45) is 5.73 Å². The Kier molecular flexibility index (Phi) is 5.96. The van der Waals surface area contributed by atoms with Gasteiger partial charge in [-0.15, -0.1) is 0 Å². The first-order chi connectivity index (χ1) is 7.33. The zero-order valence-corrected chi connectivity index (χ0v) is 9.37. The van der Waals surface area contributed by atoms with E-state index >= 15 is 0 Å². The fourth-order valence-corrected chi connectivity index (χ4v) is 1.31. The monoisotopic (exact) mass is 229 g/mol. The molecular formula is C9H16ClN5. The maximum atomic E-state index is 5.61. The van der Waals surface area contributed by atoms with Crippen LogP contribution in [0, 0.1) is 0 Å². The highest BCUT2D eigenvalue weighted by Gasteiger charge is 1.96. The zero-order valence-electron chi connectivity index (χ0n) is 8.62. The molecule has 15 heavy (non-hydrogen) atoms. The van der Waals surface area contributed by atoms with E-state index in [9.17, 15) is 0 Å². The Morgan fingerprint density at radius 1 is 1.20 bits per heavy atom. The lowest BCUT2D eigenvalue weighted by atomic mass is 10.2. The van der Waals surface area contributed by atoms with Crippen molar-refractivity contribution >= 4 is 17.5 Å². The summed E-state index contributed by atoms with van der Waals surface area (Å²) in [6, 6.07) is 0. The Bertz CT molecular complexity index is 281. The molecule has 0 aliphatic heterocycles. The molecule has 0 aromatic carbocycles. The lowest BCUT2D eigenvalue weighted by Gasteiger charge is -2.03. The topological polar surface area (TPSA) is 76.7 Å².